The summed E-state index contributed by atoms with van der Waals surface area (Å²) >= 11 is 0. The van der Waals surface area contributed by atoms with Crippen molar-refractivity contribution in [2.24, 2.45) is 0 Å². The summed E-state index contributed by atoms with van der Waals surface area (Å²) in [5.74, 6) is 3.61. The first-order chi connectivity index (χ1) is 11.5. The zero-order valence-corrected chi connectivity index (χ0v) is 14.5. The molecule has 4 heterocycles. The van der Waals surface area contributed by atoms with Gasteiger partial charge in [0.1, 0.15) is 23.0 Å². The van der Waals surface area contributed by atoms with E-state index in [4.69, 9.17) is 8.83 Å². The molecule has 2 aliphatic heterocycles. The summed E-state index contributed by atoms with van der Waals surface area (Å²) in [4.78, 5) is 17.4. The molecule has 0 aliphatic carbocycles. The number of rotatable bonds is 3. The SMILES string of the molecule is Cc1ccc(CN2CC[C@@H]3[C@@H]2CCN3C(=O)c2cc(C)oc2C)o1. The van der Waals surface area contributed by atoms with Crippen molar-refractivity contribution in [2.45, 2.75) is 52.2 Å². The van der Waals surface area contributed by atoms with Crippen molar-refractivity contribution in [1.82, 2.24) is 9.80 Å². The minimum atomic E-state index is 0.118. The second kappa shape index (κ2) is 5.81. The van der Waals surface area contributed by atoms with E-state index in [2.05, 4.69) is 15.9 Å². The largest absolute Gasteiger partial charge is 0.466 e. The molecule has 0 unspecified atom stereocenters. The van der Waals surface area contributed by atoms with Gasteiger partial charge in [0.2, 0.25) is 0 Å². The van der Waals surface area contributed by atoms with Gasteiger partial charge in [0, 0.05) is 25.2 Å². The second-order valence-electron chi connectivity index (χ2n) is 7.02. The maximum absolute atomic E-state index is 12.9. The lowest BCUT2D eigenvalue weighted by molar-refractivity contribution is 0.0730. The van der Waals surface area contributed by atoms with Crippen molar-refractivity contribution >= 4 is 5.91 Å². The predicted molar refractivity (Wildman–Crippen MR) is 89.9 cm³/mol. The van der Waals surface area contributed by atoms with Gasteiger partial charge in [-0.2, -0.15) is 0 Å². The van der Waals surface area contributed by atoms with Crippen molar-refractivity contribution in [3.05, 3.63) is 46.8 Å². The summed E-state index contributed by atoms with van der Waals surface area (Å²) in [6, 6.07) is 6.68. The third-order valence-electron chi connectivity index (χ3n) is 5.38. The fourth-order valence-corrected chi connectivity index (χ4v) is 4.29. The summed E-state index contributed by atoms with van der Waals surface area (Å²) in [7, 11) is 0. The lowest BCUT2D eigenvalue weighted by atomic mass is 10.1. The Bertz CT molecular complexity index is 761. The standard InChI is InChI=1S/C19H24N2O3/c1-12-4-5-15(24-12)11-20-8-6-18-17(20)7-9-21(18)19(22)16-10-13(2)23-14(16)3/h4-5,10,17-18H,6-9,11H2,1-3H3/t17-,18+/m0/s1. The molecule has 0 aromatic carbocycles. The molecule has 0 saturated carbocycles. The summed E-state index contributed by atoms with van der Waals surface area (Å²) in [6.07, 6.45) is 2.07. The number of fused-ring (bicyclic) bond motifs is 1. The van der Waals surface area contributed by atoms with Crippen molar-refractivity contribution in [3.8, 4) is 0 Å². The number of hydrogen-bond acceptors (Lipinski definition) is 4. The Balaban J connectivity index is 1.48. The number of carbonyl (C=O) groups is 1. The van der Waals surface area contributed by atoms with E-state index in [0.717, 1.165) is 55.5 Å². The van der Waals surface area contributed by atoms with Gasteiger partial charge in [-0.05, 0) is 51.8 Å². The maximum Gasteiger partial charge on any atom is 0.257 e. The highest BCUT2D eigenvalue weighted by atomic mass is 16.3. The van der Waals surface area contributed by atoms with Crippen molar-refractivity contribution < 1.29 is 13.6 Å². The van der Waals surface area contributed by atoms with Crippen LogP contribution in [-0.2, 0) is 6.54 Å². The molecule has 5 nitrogen and oxygen atoms in total. The molecule has 0 radical (unpaired) electrons. The van der Waals surface area contributed by atoms with E-state index in [1.54, 1.807) is 0 Å². The molecule has 2 fully saturated rings. The van der Waals surface area contributed by atoms with E-state index < -0.39 is 0 Å². The van der Waals surface area contributed by atoms with Crippen LogP contribution in [0, 0.1) is 20.8 Å². The van der Waals surface area contributed by atoms with Crippen molar-refractivity contribution in [3.63, 3.8) is 0 Å². The lowest BCUT2D eigenvalue weighted by Crippen LogP contribution is -2.39. The van der Waals surface area contributed by atoms with E-state index in [1.165, 1.54) is 0 Å². The molecule has 128 valence electrons. The summed E-state index contributed by atoms with van der Waals surface area (Å²) in [5, 5.41) is 0. The number of carbonyl (C=O) groups excluding carboxylic acids is 1. The minimum Gasteiger partial charge on any atom is -0.466 e. The van der Waals surface area contributed by atoms with Crippen LogP contribution in [0.25, 0.3) is 0 Å². The molecule has 24 heavy (non-hydrogen) atoms. The molecule has 0 spiro atoms. The van der Waals surface area contributed by atoms with Crippen LogP contribution in [0.1, 0.15) is 46.2 Å². The molecule has 2 atom stereocenters. The third kappa shape index (κ3) is 2.57. The smallest absolute Gasteiger partial charge is 0.257 e. The van der Waals surface area contributed by atoms with Gasteiger partial charge in [-0.3, -0.25) is 9.69 Å². The zero-order valence-electron chi connectivity index (χ0n) is 14.5. The van der Waals surface area contributed by atoms with Gasteiger partial charge in [0.15, 0.2) is 0 Å². The average molecular weight is 328 g/mol. The number of furan rings is 2. The topological polar surface area (TPSA) is 49.8 Å². The first-order valence-electron chi connectivity index (χ1n) is 8.70. The van der Waals surface area contributed by atoms with Crippen LogP contribution in [0.3, 0.4) is 0 Å². The highest BCUT2D eigenvalue weighted by molar-refractivity contribution is 5.95. The number of nitrogens with zero attached hydrogens (tertiary/aromatic N) is 2. The Hall–Kier alpha value is -2.01. The average Bonchev–Trinajstić information content (AvgIpc) is 3.26. The number of amides is 1. The third-order valence-corrected chi connectivity index (χ3v) is 5.38. The molecule has 2 aromatic rings. The Morgan fingerprint density at radius 1 is 1.08 bits per heavy atom. The molecule has 4 rings (SSSR count). The lowest BCUT2D eigenvalue weighted by Gasteiger charge is -2.25. The number of hydrogen-bond donors (Lipinski definition) is 0. The molecule has 5 heteroatoms. The summed E-state index contributed by atoms with van der Waals surface area (Å²) in [5.41, 5.74) is 0.716. The van der Waals surface area contributed by atoms with E-state index >= 15 is 0 Å². The van der Waals surface area contributed by atoms with Gasteiger partial charge in [0.25, 0.3) is 5.91 Å². The molecule has 0 N–H and O–H groups in total. The first-order valence-corrected chi connectivity index (χ1v) is 8.70. The zero-order chi connectivity index (χ0) is 16.8. The Kier molecular flexibility index (Phi) is 3.76. The van der Waals surface area contributed by atoms with Gasteiger partial charge >= 0.3 is 0 Å². The number of aryl methyl sites for hydroxylation is 3. The van der Waals surface area contributed by atoms with E-state index in [-0.39, 0.29) is 5.91 Å². The van der Waals surface area contributed by atoms with Gasteiger partial charge in [-0.25, -0.2) is 0 Å². The van der Waals surface area contributed by atoms with Crippen molar-refractivity contribution in [2.75, 3.05) is 13.1 Å². The molecule has 0 bridgehead atoms. The Morgan fingerprint density at radius 3 is 2.54 bits per heavy atom. The van der Waals surface area contributed by atoms with Crippen LogP contribution in [-0.4, -0.2) is 40.9 Å². The van der Waals surface area contributed by atoms with Gasteiger partial charge in [-0.1, -0.05) is 0 Å². The fraction of sp³-hybridized carbons (Fsp3) is 0.526. The van der Waals surface area contributed by atoms with E-state index in [9.17, 15) is 4.79 Å². The van der Waals surface area contributed by atoms with Gasteiger partial charge < -0.3 is 13.7 Å². The molecule has 2 aromatic heterocycles. The van der Waals surface area contributed by atoms with Crippen LogP contribution in [0.15, 0.2) is 27.0 Å². The first kappa shape index (κ1) is 15.5. The van der Waals surface area contributed by atoms with Crippen molar-refractivity contribution in [1.29, 1.82) is 0 Å². The second-order valence-corrected chi connectivity index (χ2v) is 7.02. The van der Waals surface area contributed by atoms with E-state index in [1.807, 2.05) is 32.9 Å². The molecular formula is C19H24N2O3. The maximum atomic E-state index is 12.9. The van der Waals surface area contributed by atoms with E-state index in [0.29, 0.717) is 17.6 Å². The highest BCUT2D eigenvalue weighted by Gasteiger charge is 2.45. The van der Waals surface area contributed by atoms with Gasteiger partial charge in [0.05, 0.1) is 12.1 Å². The molecule has 1 amide bonds. The summed E-state index contributed by atoms with van der Waals surface area (Å²) < 4.78 is 11.3. The summed E-state index contributed by atoms with van der Waals surface area (Å²) in [6.45, 7) is 8.41. The predicted octanol–water partition coefficient (Wildman–Crippen LogP) is 3.29. The van der Waals surface area contributed by atoms with Crippen LogP contribution in [0.2, 0.25) is 0 Å². The Labute approximate surface area is 142 Å². The highest BCUT2D eigenvalue weighted by Crippen LogP contribution is 2.34. The molecule has 2 aliphatic rings. The monoisotopic (exact) mass is 328 g/mol. The number of likely N-dealkylation sites (tertiary alicyclic amines) is 2. The van der Waals surface area contributed by atoms with Crippen LogP contribution >= 0.6 is 0 Å². The fourth-order valence-electron chi connectivity index (χ4n) is 4.29. The Morgan fingerprint density at radius 2 is 1.88 bits per heavy atom. The normalized spacial score (nSPS) is 23.9. The molecule has 2 saturated heterocycles. The minimum absolute atomic E-state index is 0.118. The van der Waals surface area contributed by atoms with Crippen LogP contribution in [0.5, 0.6) is 0 Å². The quantitative estimate of drug-likeness (QED) is 0.867. The molecular weight excluding hydrogens is 304 g/mol. The van der Waals surface area contributed by atoms with Crippen LogP contribution < -0.4 is 0 Å². The van der Waals surface area contributed by atoms with Gasteiger partial charge in [-0.15, -0.1) is 0 Å². The van der Waals surface area contributed by atoms with Crippen LogP contribution in [0.4, 0.5) is 0 Å².